The van der Waals surface area contributed by atoms with Crippen LogP contribution in [0.4, 0.5) is 0 Å². The maximum atomic E-state index is 6.14. The van der Waals surface area contributed by atoms with Gasteiger partial charge >= 0.3 is 0 Å². The summed E-state index contributed by atoms with van der Waals surface area (Å²) in [4.78, 5) is 0. The molecule has 2 heteroatoms. The summed E-state index contributed by atoms with van der Waals surface area (Å²) >= 11 is 0. The fraction of sp³-hybridized carbons (Fsp3) is 1.00. The van der Waals surface area contributed by atoms with Gasteiger partial charge in [-0.25, -0.2) is 0 Å². The van der Waals surface area contributed by atoms with Crippen LogP contribution in [0.15, 0.2) is 0 Å². The number of hydrogen-bond donors (Lipinski definition) is 2. The van der Waals surface area contributed by atoms with Gasteiger partial charge in [-0.2, -0.15) is 0 Å². The van der Waals surface area contributed by atoms with Crippen molar-refractivity contribution < 1.29 is 0 Å². The Morgan fingerprint density at radius 2 is 1.13 bits per heavy atom. The van der Waals surface area contributed by atoms with Crippen molar-refractivity contribution in [3.63, 3.8) is 0 Å². The quantitative estimate of drug-likeness (QED) is 0.290. The number of hydrogen-bond acceptors (Lipinski definition) is 2. The first-order valence-corrected chi connectivity index (χ1v) is 14.4. The SMILES string of the molecule is CCC(CN)CCC1(CC2(CCC(CC)CN)CCCC(CC)C2)CCCC(CC)C1. The first-order valence-electron chi connectivity index (χ1n) is 14.4. The summed E-state index contributed by atoms with van der Waals surface area (Å²) in [5.41, 5.74) is 13.5. The van der Waals surface area contributed by atoms with Crippen LogP contribution in [0.25, 0.3) is 0 Å². The average molecular weight is 435 g/mol. The van der Waals surface area contributed by atoms with Crippen LogP contribution in [0.5, 0.6) is 0 Å². The van der Waals surface area contributed by atoms with Gasteiger partial charge in [0.05, 0.1) is 0 Å². The smallest absolute Gasteiger partial charge is 0.00490 e. The summed E-state index contributed by atoms with van der Waals surface area (Å²) in [5.74, 6) is 3.38. The average Bonchev–Trinajstić information content (AvgIpc) is 2.80. The molecular formula is C29H58N2. The molecule has 4 N–H and O–H groups in total. The lowest BCUT2D eigenvalue weighted by Crippen LogP contribution is -2.39. The Morgan fingerprint density at radius 1 is 0.710 bits per heavy atom. The van der Waals surface area contributed by atoms with Crippen molar-refractivity contribution >= 4 is 0 Å². The first kappa shape index (κ1) is 27.2. The molecule has 0 aromatic heterocycles. The van der Waals surface area contributed by atoms with Gasteiger partial charge < -0.3 is 11.5 Å². The van der Waals surface area contributed by atoms with Crippen molar-refractivity contribution in [1.82, 2.24) is 0 Å². The predicted molar refractivity (Wildman–Crippen MR) is 138 cm³/mol. The van der Waals surface area contributed by atoms with Gasteiger partial charge in [0.1, 0.15) is 0 Å². The summed E-state index contributed by atoms with van der Waals surface area (Å²) < 4.78 is 0. The van der Waals surface area contributed by atoms with E-state index < -0.39 is 0 Å². The van der Waals surface area contributed by atoms with Gasteiger partial charge in [0.15, 0.2) is 0 Å². The third-order valence-electron chi connectivity index (χ3n) is 9.97. The molecule has 0 aromatic carbocycles. The minimum atomic E-state index is 0.585. The van der Waals surface area contributed by atoms with E-state index in [1.54, 1.807) is 0 Å². The second kappa shape index (κ2) is 13.6. The molecule has 184 valence electrons. The zero-order valence-corrected chi connectivity index (χ0v) is 21.9. The second-order valence-electron chi connectivity index (χ2n) is 12.0. The highest BCUT2D eigenvalue weighted by molar-refractivity contribution is 4.96. The topological polar surface area (TPSA) is 52.0 Å². The Hall–Kier alpha value is -0.0800. The van der Waals surface area contributed by atoms with Crippen LogP contribution >= 0.6 is 0 Å². The molecule has 0 saturated heterocycles. The highest BCUT2D eigenvalue weighted by Crippen LogP contribution is 2.57. The highest BCUT2D eigenvalue weighted by atomic mass is 14.6. The fourth-order valence-corrected chi connectivity index (χ4v) is 7.61. The van der Waals surface area contributed by atoms with E-state index in [0.29, 0.717) is 10.8 Å². The molecule has 2 aliphatic rings. The van der Waals surface area contributed by atoms with Crippen LogP contribution in [-0.4, -0.2) is 13.1 Å². The van der Waals surface area contributed by atoms with Crippen LogP contribution in [0, 0.1) is 34.5 Å². The van der Waals surface area contributed by atoms with Crippen LogP contribution in [0.3, 0.4) is 0 Å². The van der Waals surface area contributed by atoms with Gasteiger partial charge in [-0.05, 0) is 105 Å². The predicted octanol–water partition coefficient (Wildman–Crippen LogP) is 8.08. The molecule has 0 spiro atoms. The third-order valence-corrected chi connectivity index (χ3v) is 9.97. The first-order chi connectivity index (χ1) is 15.0. The Kier molecular flexibility index (Phi) is 11.9. The van der Waals surface area contributed by atoms with Gasteiger partial charge in [0, 0.05) is 0 Å². The van der Waals surface area contributed by atoms with E-state index in [4.69, 9.17) is 11.5 Å². The molecule has 0 bridgehead atoms. The molecule has 0 heterocycles. The highest BCUT2D eigenvalue weighted by Gasteiger charge is 2.45. The second-order valence-corrected chi connectivity index (χ2v) is 12.0. The van der Waals surface area contributed by atoms with E-state index in [-0.39, 0.29) is 0 Å². The molecule has 0 aromatic rings. The number of nitrogens with two attached hydrogens (primary N) is 2. The van der Waals surface area contributed by atoms with Gasteiger partial charge in [-0.1, -0.05) is 79.1 Å². The standard InChI is InChI=1S/C29H58N2/c1-5-24-11-9-15-28(19-24,17-13-26(7-3)21-30)23-29(18-14-27(8-4)22-31)16-10-12-25(6-2)20-29/h24-27H,5-23,30-31H2,1-4H3. The van der Waals surface area contributed by atoms with Crippen LogP contribution < -0.4 is 11.5 Å². The van der Waals surface area contributed by atoms with Crippen molar-refractivity contribution in [2.45, 2.75) is 137 Å². The molecule has 2 aliphatic carbocycles. The normalized spacial score (nSPS) is 33.9. The Labute approximate surface area is 196 Å². The third kappa shape index (κ3) is 8.02. The summed E-state index contributed by atoms with van der Waals surface area (Å²) in [6, 6.07) is 0. The van der Waals surface area contributed by atoms with Gasteiger partial charge in [0.2, 0.25) is 0 Å². The van der Waals surface area contributed by atoms with Crippen molar-refractivity contribution in [3.8, 4) is 0 Å². The van der Waals surface area contributed by atoms with Gasteiger partial charge in [-0.3, -0.25) is 0 Å². The molecule has 6 atom stereocenters. The van der Waals surface area contributed by atoms with Crippen LogP contribution in [-0.2, 0) is 0 Å². The van der Waals surface area contributed by atoms with E-state index in [0.717, 1.165) is 36.8 Å². The minimum Gasteiger partial charge on any atom is -0.330 e. The van der Waals surface area contributed by atoms with Gasteiger partial charge in [0.25, 0.3) is 0 Å². The largest absolute Gasteiger partial charge is 0.330 e. The monoisotopic (exact) mass is 434 g/mol. The summed E-state index contributed by atoms with van der Waals surface area (Å²) in [7, 11) is 0. The van der Waals surface area contributed by atoms with Crippen LogP contribution in [0.1, 0.15) is 137 Å². The minimum absolute atomic E-state index is 0.585. The lowest BCUT2D eigenvalue weighted by Gasteiger charge is -2.51. The summed E-state index contributed by atoms with van der Waals surface area (Å²) in [5, 5.41) is 0. The zero-order valence-electron chi connectivity index (χ0n) is 21.9. The Balaban J connectivity index is 2.24. The Bertz CT molecular complexity index is 427. The molecule has 0 radical (unpaired) electrons. The molecule has 2 rings (SSSR count). The van der Waals surface area contributed by atoms with Crippen molar-refractivity contribution in [1.29, 1.82) is 0 Å². The molecule has 2 saturated carbocycles. The summed E-state index contributed by atoms with van der Waals surface area (Å²) in [6.45, 7) is 11.3. The molecule has 2 fully saturated rings. The van der Waals surface area contributed by atoms with Crippen LogP contribution in [0.2, 0.25) is 0 Å². The number of rotatable bonds is 14. The van der Waals surface area contributed by atoms with E-state index in [1.807, 2.05) is 0 Å². The maximum absolute atomic E-state index is 6.14. The van der Waals surface area contributed by atoms with E-state index in [9.17, 15) is 0 Å². The van der Waals surface area contributed by atoms with Crippen molar-refractivity contribution in [2.24, 2.45) is 46.0 Å². The molecular weight excluding hydrogens is 376 g/mol. The molecule has 0 amide bonds. The van der Waals surface area contributed by atoms with E-state index in [1.165, 1.54) is 109 Å². The van der Waals surface area contributed by atoms with E-state index >= 15 is 0 Å². The maximum Gasteiger partial charge on any atom is -0.00490 e. The van der Waals surface area contributed by atoms with Gasteiger partial charge in [-0.15, -0.1) is 0 Å². The van der Waals surface area contributed by atoms with E-state index in [2.05, 4.69) is 27.7 Å². The van der Waals surface area contributed by atoms with Crippen molar-refractivity contribution in [3.05, 3.63) is 0 Å². The zero-order chi connectivity index (χ0) is 22.7. The lowest BCUT2D eigenvalue weighted by molar-refractivity contribution is 0.00272. The van der Waals surface area contributed by atoms with Crippen molar-refractivity contribution in [2.75, 3.05) is 13.1 Å². The molecule has 2 nitrogen and oxygen atoms in total. The lowest BCUT2D eigenvalue weighted by atomic mass is 9.54. The molecule has 31 heavy (non-hydrogen) atoms. The summed E-state index contributed by atoms with van der Waals surface area (Å²) in [6.07, 6.45) is 24.2. The molecule has 0 aliphatic heterocycles. The molecule has 6 unspecified atom stereocenters. The fourth-order valence-electron chi connectivity index (χ4n) is 7.61. The Morgan fingerprint density at radius 3 is 1.45 bits per heavy atom.